The fourth-order valence-electron chi connectivity index (χ4n) is 4.35. The summed E-state index contributed by atoms with van der Waals surface area (Å²) >= 11 is 6.17. The van der Waals surface area contributed by atoms with Crippen LogP contribution in [-0.4, -0.2) is 41.9 Å². The molecule has 0 bridgehead atoms. The van der Waals surface area contributed by atoms with Crippen LogP contribution >= 0.6 is 11.6 Å². The van der Waals surface area contributed by atoms with Gasteiger partial charge in [-0.05, 0) is 50.1 Å². The van der Waals surface area contributed by atoms with Crippen molar-refractivity contribution < 1.29 is 4.79 Å². The van der Waals surface area contributed by atoms with E-state index in [4.69, 9.17) is 21.6 Å². The van der Waals surface area contributed by atoms with Gasteiger partial charge in [0.25, 0.3) is 0 Å². The number of halogens is 1. The standard InChI is InChI=1S/C25H26ClN5O/c1-17-8-10-19(11-9-17)27-24-23-21(6-3-7-22(23)32)28-25(29-24)31-14-12-30(13-15-31)20-5-2-4-18(26)16-20/h2,4-5,8-11,16H,3,6-7,12-15H2,1H3,(H,27,28,29). The summed E-state index contributed by atoms with van der Waals surface area (Å²) < 4.78 is 0. The Morgan fingerprint density at radius 3 is 2.44 bits per heavy atom. The lowest BCUT2D eigenvalue weighted by atomic mass is 9.95. The van der Waals surface area contributed by atoms with Crippen molar-refractivity contribution in [3.63, 3.8) is 0 Å². The van der Waals surface area contributed by atoms with Crippen molar-refractivity contribution in [1.82, 2.24) is 9.97 Å². The number of carbonyl (C=O) groups is 1. The van der Waals surface area contributed by atoms with Gasteiger partial charge in [0.15, 0.2) is 5.78 Å². The highest BCUT2D eigenvalue weighted by Crippen LogP contribution is 2.30. The van der Waals surface area contributed by atoms with E-state index in [1.807, 2.05) is 42.5 Å². The predicted molar refractivity (Wildman–Crippen MR) is 130 cm³/mol. The SMILES string of the molecule is Cc1ccc(Nc2nc(N3CCN(c4cccc(Cl)c4)CC3)nc3c2C(=O)CCC3)cc1. The van der Waals surface area contributed by atoms with Gasteiger partial charge in [0.2, 0.25) is 5.95 Å². The van der Waals surface area contributed by atoms with Crippen LogP contribution in [0.25, 0.3) is 0 Å². The van der Waals surface area contributed by atoms with Crippen molar-refractivity contribution in [3.05, 3.63) is 70.4 Å². The molecule has 0 amide bonds. The minimum absolute atomic E-state index is 0.123. The van der Waals surface area contributed by atoms with Crippen LogP contribution in [0, 0.1) is 6.92 Å². The third-order valence-corrected chi connectivity index (χ3v) is 6.35. The van der Waals surface area contributed by atoms with Crippen molar-refractivity contribution in [2.45, 2.75) is 26.2 Å². The van der Waals surface area contributed by atoms with Gasteiger partial charge in [-0.15, -0.1) is 0 Å². The number of hydrogen-bond donors (Lipinski definition) is 1. The zero-order valence-corrected chi connectivity index (χ0v) is 18.9. The number of fused-ring (bicyclic) bond motifs is 1. The second-order valence-electron chi connectivity index (χ2n) is 8.42. The molecule has 2 aromatic carbocycles. The number of aromatic nitrogens is 2. The third-order valence-electron chi connectivity index (χ3n) is 6.12. The molecule has 2 aliphatic rings. The Morgan fingerprint density at radius 2 is 1.69 bits per heavy atom. The fourth-order valence-corrected chi connectivity index (χ4v) is 4.54. The number of Topliss-reactive ketones (excluding diaryl/α,β-unsaturated/α-hetero) is 1. The van der Waals surface area contributed by atoms with E-state index in [1.54, 1.807) is 0 Å². The molecule has 5 rings (SSSR count). The Kier molecular flexibility index (Phi) is 5.70. The summed E-state index contributed by atoms with van der Waals surface area (Å²) in [6, 6.07) is 16.1. The molecule has 32 heavy (non-hydrogen) atoms. The summed E-state index contributed by atoms with van der Waals surface area (Å²) in [5.41, 5.74) is 4.76. The lowest BCUT2D eigenvalue weighted by Crippen LogP contribution is -2.47. The average Bonchev–Trinajstić information content (AvgIpc) is 2.80. The molecule has 6 nitrogen and oxygen atoms in total. The number of hydrogen-bond acceptors (Lipinski definition) is 6. The highest BCUT2D eigenvalue weighted by atomic mass is 35.5. The Hall–Kier alpha value is -3.12. The van der Waals surface area contributed by atoms with E-state index in [1.165, 1.54) is 5.56 Å². The first-order valence-electron chi connectivity index (χ1n) is 11.1. The molecule has 0 radical (unpaired) electrons. The van der Waals surface area contributed by atoms with Crippen LogP contribution < -0.4 is 15.1 Å². The second kappa shape index (κ2) is 8.79. The Balaban J connectivity index is 1.41. The lowest BCUT2D eigenvalue weighted by Gasteiger charge is -2.36. The maximum atomic E-state index is 12.7. The number of anilines is 4. The molecule has 1 aliphatic carbocycles. The molecular formula is C25H26ClN5O. The normalized spacial score (nSPS) is 16.1. The second-order valence-corrected chi connectivity index (χ2v) is 8.85. The maximum Gasteiger partial charge on any atom is 0.227 e. The molecule has 0 saturated carbocycles. The van der Waals surface area contributed by atoms with Crippen LogP contribution in [0.15, 0.2) is 48.5 Å². The molecule has 1 aliphatic heterocycles. The topological polar surface area (TPSA) is 61.4 Å². The summed E-state index contributed by atoms with van der Waals surface area (Å²) in [6.45, 7) is 5.40. The molecule has 1 N–H and O–H groups in total. The average molecular weight is 448 g/mol. The number of benzene rings is 2. The van der Waals surface area contributed by atoms with E-state index in [0.29, 0.717) is 23.8 Å². The molecule has 1 fully saturated rings. The zero-order chi connectivity index (χ0) is 22.1. The molecule has 0 atom stereocenters. The van der Waals surface area contributed by atoms with Gasteiger partial charge in [0.1, 0.15) is 5.82 Å². The van der Waals surface area contributed by atoms with E-state index in [9.17, 15) is 4.79 Å². The van der Waals surface area contributed by atoms with Crippen molar-refractivity contribution in [3.8, 4) is 0 Å². The number of aryl methyl sites for hydroxylation is 2. The van der Waals surface area contributed by atoms with E-state index in [0.717, 1.165) is 61.1 Å². The zero-order valence-electron chi connectivity index (χ0n) is 18.1. The minimum atomic E-state index is 0.123. The van der Waals surface area contributed by atoms with Gasteiger partial charge in [-0.3, -0.25) is 4.79 Å². The maximum absolute atomic E-state index is 12.7. The summed E-state index contributed by atoms with van der Waals surface area (Å²) in [7, 11) is 0. The van der Waals surface area contributed by atoms with Crippen LogP contribution in [0.3, 0.4) is 0 Å². The first-order chi connectivity index (χ1) is 15.6. The summed E-state index contributed by atoms with van der Waals surface area (Å²) in [6.07, 6.45) is 2.20. The Bertz CT molecular complexity index is 1140. The molecular weight excluding hydrogens is 422 g/mol. The number of ketones is 1. The number of nitrogens with zero attached hydrogens (tertiary/aromatic N) is 4. The Morgan fingerprint density at radius 1 is 0.938 bits per heavy atom. The smallest absolute Gasteiger partial charge is 0.227 e. The molecule has 0 unspecified atom stereocenters. The van der Waals surface area contributed by atoms with Gasteiger partial charge < -0.3 is 15.1 Å². The van der Waals surface area contributed by atoms with Crippen LogP contribution in [0.5, 0.6) is 0 Å². The molecule has 0 spiro atoms. The van der Waals surface area contributed by atoms with Crippen LogP contribution in [0.1, 0.15) is 34.5 Å². The van der Waals surface area contributed by atoms with Gasteiger partial charge in [-0.1, -0.05) is 35.4 Å². The van der Waals surface area contributed by atoms with Crippen molar-refractivity contribution in [1.29, 1.82) is 0 Å². The molecule has 1 saturated heterocycles. The van der Waals surface area contributed by atoms with Crippen LogP contribution in [0.4, 0.5) is 23.1 Å². The van der Waals surface area contributed by atoms with Crippen LogP contribution in [-0.2, 0) is 6.42 Å². The van der Waals surface area contributed by atoms with Crippen molar-refractivity contribution in [2.24, 2.45) is 0 Å². The fraction of sp³-hybridized carbons (Fsp3) is 0.320. The quantitative estimate of drug-likeness (QED) is 0.605. The van der Waals surface area contributed by atoms with Gasteiger partial charge >= 0.3 is 0 Å². The van der Waals surface area contributed by atoms with Crippen LogP contribution in [0.2, 0.25) is 5.02 Å². The van der Waals surface area contributed by atoms with Crippen molar-refractivity contribution >= 4 is 40.5 Å². The number of nitrogens with one attached hydrogen (secondary N) is 1. The highest BCUT2D eigenvalue weighted by molar-refractivity contribution is 6.30. The molecule has 1 aromatic heterocycles. The first-order valence-corrected chi connectivity index (χ1v) is 11.5. The molecule has 164 valence electrons. The highest BCUT2D eigenvalue weighted by Gasteiger charge is 2.27. The van der Waals surface area contributed by atoms with Gasteiger partial charge in [0, 0.05) is 49.0 Å². The number of carbonyl (C=O) groups excluding carboxylic acids is 1. The van der Waals surface area contributed by atoms with E-state index in [2.05, 4.69) is 28.1 Å². The number of rotatable bonds is 4. The lowest BCUT2D eigenvalue weighted by molar-refractivity contribution is 0.0972. The summed E-state index contributed by atoms with van der Waals surface area (Å²) in [4.78, 5) is 26.9. The van der Waals surface area contributed by atoms with E-state index < -0.39 is 0 Å². The van der Waals surface area contributed by atoms with Gasteiger partial charge in [-0.2, -0.15) is 4.98 Å². The minimum Gasteiger partial charge on any atom is -0.368 e. The summed E-state index contributed by atoms with van der Waals surface area (Å²) in [5.74, 6) is 1.44. The monoisotopic (exact) mass is 447 g/mol. The number of piperazine rings is 1. The molecule has 2 heterocycles. The molecule has 3 aromatic rings. The first kappa shape index (κ1) is 20.8. The Labute approximate surface area is 193 Å². The van der Waals surface area contributed by atoms with Gasteiger partial charge in [-0.25, -0.2) is 4.98 Å². The van der Waals surface area contributed by atoms with Gasteiger partial charge in [0.05, 0.1) is 11.3 Å². The third kappa shape index (κ3) is 4.28. The largest absolute Gasteiger partial charge is 0.368 e. The predicted octanol–water partition coefficient (Wildman–Crippen LogP) is 5.03. The summed E-state index contributed by atoms with van der Waals surface area (Å²) in [5, 5.41) is 4.14. The van der Waals surface area contributed by atoms with E-state index in [-0.39, 0.29) is 5.78 Å². The molecule has 7 heteroatoms. The van der Waals surface area contributed by atoms with E-state index >= 15 is 0 Å². The van der Waals surface area contributed by atoms with Crippen molar-refractivity contribution in [2.75, 3.05) is 41.3 Å².